The number of nitrogens with zero attached hydrogens (tertiary/aromatic N) is 5. The van der Waals surface area contributed by atoms with E-state index in [0.29, 0.717) is 23.2 Å². The first-order valence-electron chi connectivity index (χ1n) is 13.6. The van der Waals surface area contributed by atoms with Gasteiger partial charge in [-0.2, -0.15) is 10.1 Å². The number of nitrogens with one attached hydrogen (secondary N) is 1. The van der Waals surface area contributed by atoms with Gasteiger partial charge in [-0.15, -0.1) is 0 Å². The van der Waals surface area contributed by atoms with Crippen molar-refractivity contribution in [3.63, 3.8) is 0 Å². The molecule has 1 N–H and O–H groups in total. The molecule has 40 heavy (non-hydrogen) atoms. The molecule has 2 aromatic carbocycles. The van der Waals surface area contributed by atoms with E-state index in [1.807, 2.05) is 43.3 Å². The summed E-state index contributed by atoms with van der Waals surface area (Å²) in [5, 5.41) is 3.99. The number of anilines is 1. The summed E-state index contributed by atoms with van der Waals surface area (Å²) in [5.74, 6) is 1.43. The van der Waals surface area contributed by atoms with E-state index in [9.17, 15) is 8.42 Å². The van der Waals surface area contributed by atoms with Crippen molar-refractivity contribution in [3.8, 4) is 22.9 Å². The lowest BCUT2D eigenvalue weighted by Gasteiger charge is -2.29. The molecule has 10 heteroatoms. The first-order chi connectivity index (χ1) is 19.1. The van der Waals surface area contributed by atoms with E-state index in [4.69, 9.17) is 9.72 Å². The molecule has 1 aliphatic rings. The second-order valence-corrected chi connectivity index (χ2v) is 12.5. The lowest BCUT2D eigenvalue weighted by atomic mass is 9.90. The normalized spacial score (nSPS) is 14.9. The zero-order chi connectivity index (χ0) is 28.4. The third-order valence-electron chi connectivity index (χ3n) is 7.39. The summed E-state index contributed by atoms with van der Waals surface area (Å²) in [7, 11) is -0.140. The summed E-state index contributed by atoms with van der Waals surface area (Å²) in [4.78, 5) is 11.7. The predicted molar refractivity (Wildman–Crippen MR) is 156 cm³/mol. The van der Waals surface area contributed by atoms with E-state index >= 15 is 0 Å². The summed E-state index contributed by atoms with van der Waals surface area (Å²) in [5.41, 5.74) is 4.64. The number of aromatic nitrogens is 4. The highest BCUT2D eigenvalue weighted by atomic mass is 32.2. The molecule has 0 amide bonds. The van der Waals surface area contributed by atoms with E-state index in [2.05, 4.69) is 52.7 Å². The van der Waals surface area contributed by atoms with Crippen LogP contribution in [0.2, 0.25) is 0 Å². The maximum atomic E-state index is 13.1. The fourth-order valence-corrected chi connectivity index (χ4v) is 6.04. The fraction of sp³-hybridized carbons (Fsp3) is 0.367. The van der Waals surface area contributed by atoms with Crippen LogP contribution in [0, 0.1) is 6.92 Å². The maximum absolute atomic E-state index is 13.1. The van der Waals surface area contributed by atoms with Gasteiger partial charge in [0.25, 0.3) is 10.0 Å². The highest BCUT2D eigenvalue weighted by Crippen LogP contribution is 2.39. The Morgan fingerprint density at radius 2 is 1.70 bits per heavy atom. The molecule has 2 aromatic heterocycles. The molecular formula is C30H36N6O3S. The van der Waals surface area contributed by atoms with Gasteiger partial charge in [-0.3, -0.25) is 4.68 Å². The number of piperidine rings is 1. The van der Waals surface area contributed by atoms with Gasteiger partial charge in [0, 0.05) is 24.4 Å². The number of hydrogen-bond donors (Lipinski definition) is 1. The number of likely N-dealkylation sites (tertiary alicyclic amines) is 1. The van der Waals surface area contributed by atoms with Gasteiger partial charge in [-0.1, -0.05) is 50.2 Å². The predicted octanol–water partition coefficient (Wildman–Crippen LogP) is 5.71. The Morgan fingerprint density at radius 1 is 1.00 bits per heavy atom. The summed E-state index contributed by atoms with van der Waals surface area (Å²) in [6.07, 6.45) is 4.99. The Bertz CT molecular complexity index is 1590. The van der Waals surface area contributed by atoms with Crippen LogP contribution in [0.25, 0.3) is 11.3 Å². The summed E-state index contributed by atoms with van der Waals surface area (Å²) in [6, 6.07) is 16.1. The standard InChI is InChI=1S/C30H36N6O3S/c1-20(2)27-28(26-9-7-6-8-21(26)3)32-30(34-40(37,38)25-18-31-36(5)19-25)33-29(27)39-24-12-10-22(11-13-24)23-14-16-35(4)17-15-23/h6-13,18-20,23H,14-17H2,1-5H3,(H,32,33,34). The topological polar surface area (TPSA) is 102 Å². The summed E-state index contributed by atoms with van der Waals surface area (Å²) < 4.78 is 36.6. The number of benzene rings is 2. The summed E-state index contributed by atoms with van der Waals surface area (Å²) in [6.45, 7) is 8.30. The zero-order valence-corrected chi connectivity index (χ0v) is 24.4. The smallest absolute Gasteiger partial charge is 0.267 e. The molecule has 0 radical (unpaired) electrons. The van der Waals surface area contributed by atoms with E-state index in [0.717, 1.165) is 42.6 Å². The van der Waals surface area contributed by atoms with Gasteiger partial charge < -0.3 is 9.64 Å². The number of sulfonamides is 1. The van der Waals surface area contributed by atoms with Crippen LogP contribution >= 0.6 is 0 Å². The van der Waals surface area contributed by atoms with Crippen molar-refractivity contribution >= 4 is 16.0 Å². The van der Waals surface area contributed by atoms with Crippen LogP contribution in [0.15, 0.2) is 65.8 Å². The molecule has 1 aliphatic heterocycles. The van der Waals surface area contributed by atoms with Crippen molar-refractivity contribution in [1.29, 1.82) is 0 Å². The minimum atomic E-state index is -3.96. The Balaban J connectivity index is 1.54. The Morgan fingerprint density at radius 3 is 2.33 bits per heavy atom. The molecule has 210 valence electrons. The molecule has 1 saturated heterocycles. The molecule has 9 nitrogen and oxygen atoms in total. The van der Waals surface area contributed by atoms with Crippen molar-refractivity contribution in [1.82, 2.24) is 24.6 Å². The molecule has 0 bridgehead atoms. The van der Waals surface area contributed by atoms with Gasteiger partial charge >= 0.3 is 0 Å². The van der Waals surface area contributed by atoms with Crippen molar-refractivity contribution in [2.24, 2.45) is 7.05 Å². The first kappa shape index (κ1) is 27.8. The SMILES string of the molecule is Cc1ccccc1-c1nc(NS(=O)(=O)c2cnn(C)c2)nc(Oc2ccc(C3CCN(C)CC3)cc2)c1C(C)C. The average molecular weight is 561 g/mol. The Hall–Kier alpha value is -3.76. The first-order valence-corrected chi connectivity index (χ1v) is 15.0. The molecule has 0 unspecified atom stereocenters. The lowest BCUT2D eigenvalue weighted by Crippen LogP contribution is -2.29. The monoisotopic (exact) mass is 560 g/mol. The van der Waals surface area contributed by atoms with Crippen LogP contribution in [0.5, 0.6) is 11.6 Å². The van der Waals surface area contributed by atoms with Gasteiger partial charge in [-0.05, 0) is 75.0 Å². The molecule has 5 rings (SSSR count). The van der Waals surface area contributed by atoms with E-state index in [1.54, 1.807) is 7.05 Å². The van der Waals surface area contributed by atoms with Crippen molar-refractivity contribution in [3.05, 3.63) is 77.6 Å². The number of hydrogen-bond acceptors (Lipinski definition) is 7. The quantitative estimate of drug-likeness (QED) is 0.294. The third kappa shape index (κ3) is 6.03. The molecule has 4 aromatic rings. The van der Waals surface area contributed by atoms with Crippen LogP contribution < -0.4 is 9.46 Å². The molecule has 0 spiro atoms. The minimum absolute atomic E-state index is 0.00656. The molecule has 1 fully saturated rings. The van der Waals surface area contributed by atoms with Crippen LogP contribution in [0.1, 0.15) is 55.2 Å². The minimum Gasteiger partial charge on any atom is -0.439 e. The van der Waals surface area contributed by atoms with Crippen molar-refractivity contribution in [2.45, 2.75) is 50.3 Å². The van der Waals surface area contributed by atoms with Gasteiger partial charge in [0.1, 0.15) is 10.6 Å². The lowest BCUT2D eigenvalue weighted by molar-refractivity contribution is 0.255. The average Bonchev–Trinajstić information content (AvgIpc) is 3.37. The summed E-state index contributed by atoms with van der Waals surface area (Å²) >= 11 is 0. The molecule has 0 saturated carbocycles. The molecule has 0 aliphatic carbocycles. The molecule has 0 atom stereocenters. The maximum Gasteiger partial charge on any atom is 0.267 e. The van der Waals surface area contributed by atoms with Crippen LogP contribution in [-0.4, -0.2) is 53.2 Å². The second kappa shape index (κ2) is 11.4. The van der Waals surface area contributed by atoms with Crippen LogP contribution in [0.4, 0.5) is 5.95 Å². The fourth-order valence-electron chi connectivity index (χ4n) is 5.11. The number of aryl methyl sites for hydroxylation is 2. The van der Waals surface area contributed by atoms with Gasteiger partial charge in [0.2, 0.25) is 11.8 Å². The second-order valence-electron chi connectivity index (χ2n) is 10.8. The van der Waals surface area contributed by atoms with Gasteiger partial charge in [-0.25, -0.2) is 18.1 Å². The number of ether oxygens (including phenoxy) is 1. The van der Waals surface area contributed by atoms with Gasteiger partial charge in [0.05, 0.1) is 11.9 Å². The third-order valence-corrected chi connectivity index (χ3v) is 8.67. The van der Waals surface area contributed by atoms with Crippen molar-refractivity contribution in [2.75, 3.05) is 24.9 Å². The molecule has 3 heterocycles. The Labute approximate surface area is 236 Å². The van der Waals surface area contributed by atoms with Crippen molar-refractivity contribution < 1.29 is 13.2 Å². The largest absolute Gasteiger partial charge is 0.439 e. The van der Waals surface area contributed by atoms with E-state index in [1.165, 1.54) is 22.6 Å². The van der Waals surface area contributed by atoms with E-state index < -0.39 is 10.0 Å². The highest BCUT2D eigenvalue weighted by Gasteiger charge is 2.25. The molecular weight excluding hydrogens is 524 g/mol. The number of rotatable bonds is 8. The van der Waals surface area contributed by atoms with Gasteiger partial charge in [0.15, 0.2) is 0 Å². The zero-order valence-electron chi connectivity index (χ0n) is 23.6. The highest BCUT2D eigenvalue weighted by molar-refractivity contribution is 7.92. The Kier molecular flexibility index (Phi) is 7.91. The van der Waals surface area contributed by atoms with Crippen LogP contribution in [-0.2, 0) is 17.1 Å². The van der Waals surface area contributed by atoms with E-state index in [-0.39, 0.29) is 16.8 Å². The van der Waals surface area contributed by atoms with Crippen LogP contribution in [0.3, 0.4) is 0 Å².